The minimum Gasteiger partial charge on any atom is -0.491 e. The second kappa shape index (κ2) is 15.0. The number of anilines is 4. The predicted molar refractivity (Wildman–Crippen MR) is 190 cm³/mol. The van der Waals surface area contributed by atoms with Crippen LogP contribution in [0.4, 0.5) is 35.1 Å². The molecule has 1 fully saturated rings. The number of benzene rings is 2. The van der Waals surface area contributed by atoms with Gasteiger partial charge in [-0.25, -0.2) is 28.4 Å². The van der Waals surface area contributed by atoms with E-state index in [9.17, 15) is 14.3 Å². The fourth-order valence-electron chi connectivity index (χ4n) is 5.70. The highest BCUT2D eigenvalue weighted by atomic mass is 32.1. The van der Waals surface area contributed by atoms with Crippen LogP contribution in [0.5, 0.6) is 5.75 Å². The molecule has 0 unspecified atom stereocenters. The van der Waals surface area contributed by atoms with Gasteiger partial charge in [0, 0.05) is 54.2 Å². The third-order valence-electron chi connectivity index (χ3n) is 8.37. The lowest BCUT2D eigenvalue weighted by Gasteiger charge is -2.26. The van der Waals surface area contributed by atoms with Crippen molar-refractivity contribution in [3.8, 4) is 17.6 Å². The maximum atomic E-state index is 15.4. The molecule has 2 aromatic carbocycles. The minimum atomic E-state index is -1.33. The lowest BCUT2D eigenvalue weighted by atomic mass is 10.0. The first-order valence-electron chi connectivity index (χ1n) is 16.2. The molecule has 5 aromatic rings. The number of hydrogen-bond donors (Lipinski definition) is 3. The number of allylic oxidation sites excluding steroid dienone is 1. The highest BCUT2D eigenvalue weighted by molar-refractivity contribution is 7.22. The molecule has 0 spiro atoms. The van der Waals surface area contributed by atoms with Gasteiger partial charge in [0.2, 0.25) is 5.95 Å². The molecule has 7 rings (SSSR count). The maximum Gasteiger partial charge on any atom is 0.355 e. The molecule has 51 heavy (non-hydrogen) atoms. The van der Waals surface area contributed by atoms with Crippen LogP contribution in [-0.2, 0) is 12.8 Å². The molecule has 0 aliphatic carbocycles. The van der Waals surface area contributed by atoms with Crippen LogP contribution in [-0.4, -0.2) is 75.5 Å². The first-order chi connectivity index (χ1) is 24.7. The molecule has 16 heteroatoms. The normalized spacial score (nSPS) is 14.7. The number of rotatable bonds is 10. The summed E-state index contributed by atoms with van der Waals surface area (Å²) in [6, 6.07) is 12.1. The summed E-state index contributed by atoms with van der Waals surface area (Å²) in [6.07, 6.45) is 0.118. The number of piperazine rings is 1. The fourth-order valence-corrected chi connectivity index (χ4v) is 7.66. The number of aryl methyl sites for hydroxylation is 1. The monoisotopic (exact) mass is 732 g/mol. The average molecular weight is 733 g/mol. The van der Waals surface area contributed by atoms with Gasteiger partial charge >= 0.3 is 5.97 Å². The minimum absolute atomic E-state index is 0.00855. The van der Waals surface area contributed by atoms with Gasteiger partial charge in [0.05, 0.1) is 23.4 Å². The lowest BCUT2D eigenvalue weighted by Crippen LogP contribution is -2.43. The second-order valence-electron chi connectivity index (χ2n) is 11.8. The Morgan fingerprint density at radius 1 is 1.10 bits per heavy atom. The summed E-state index contributed by atoms with van der Waals surface area (Å²) in [5.74, 6) is 2.28. The summed E-state index contributed by atoms with van der Waals surface area (Å²) in [5, 5.41) is 25.2. The number of aromatic carboxylic acids is 1. The summed E-state index contributed by atoms with van der Waals surface area (Å²) >= 11 is 2.31. The van der Waals surface area contributed by atoms with E-state index in [-0.39, 0.29) is 41.8 Å². The van der Waals surface area contributed by atoms with Gasteiger partial charge in [-0.2, -0.15) is 4.39 Å². The lowest BCUT2D eigenvalue weighted by molar-refractivity contribution is 0.0690. The van der Waals surface area contributed by atoms with Crippen molar-refractivity contribution in [2.45, 2.75) is 26.2 Å². The molecule has 262 valence electrons. The van der Waals surface area contributed by atoms with Gasteiger partial charge in [-0.1, -0.05) is 35.3 Å². The van der Waals surface area contributed by atoms with Crippen LogP contribution in [0.3, 0.4) is 0 Å². The summed E-state index contributed by atoms with van der Waals surface area (Å²) in [6.45, 7) is 6.09. The summed E-state index contributed by atoms with van der Waals surface area (Å²) in [5.41, 5.74) is 1.94. The molecule has 0 atom stereocenters. The number of ether oxygens (including phenoxy) is 1. The second-order valence-corrected chi connectivity index (χ2v) is 13.9. The summed E-state index contributed by atoms with van der Waals surface area (Å²) < 4.78 is 52.0. The number of hydrogen-bond acceptors (Lipinski definition) is 12. The Kier molecular flexibility index (Phi) is 10.1. The molecule has 3 N–H and O–H groups in total. The van der Waals surface area contributed by atoms with Crippen LogP contribution in [0, 0.1) is 24.6 Å². The highest BCUT2D eigenvalue weighted by Gasteiger charge is 2.34. The number of nitrogens with one attached hydrogen (secondary N) is 2. The van der Waals surface area contributed by atoms with E-state index in [1.54, 1.807) is 13.0 Å². The number of fused-ring (bicyclic) bond motifs is 2. The first-order valence-corrected chi connectivity index (χ1v) is 17.8. The van der Waals surface area contributed by atoms with E-state index in [1.807, 2.05) is 24.3 Å². The van der Waals surface area contributed by atoms with Gasteiger partial charge in [0.25, 0.3) is 0 Å². The van der Waals surface area contributed by atoms with Crippen molar-refractivity contribution >= 4 is 60.8 Å². The van der Waals surface area contributed by atoms with E-state index >= 15 is 8.78 Å². The average Bonchev–Trinajstić information content (AvgIpc) is 3.74. The van der Waals surface area contributed by atoms with Crippen molar-refractivity contribution < 1.29 is 27.8 Å². The van der Waals surface area contributed by atoms with Crippen molar-refractivity contribution in [3.63, 3.8) is 0 Å². The third-order valence-corrected chi connectivity index (χ3v) is 10.4. The van der Waals surface area contributed by atoms with Crippen LogP contribution >= 0.6 is 22.7 Å². The van der Waals surface area contributed by atoms with E-state index in [0.29, 0.717) is 45.5 Å². The highest BCUT2D eigenvalue weighted by Crippen LogP contribution is 2.43. The Morgan fingerprint density at radius 3 is 2.71 bits per heavy atom. The van der Waals surface area contributed by atoms with Gasteiger partial charge in [-0.05, 0) is 50.1 Å². The predicted octanol–water partition coefficient (Wildman–Crippen LogP) is 6.50. The Bertz CT molecular complexity index is 2170. The number of nitrogens with zero attached hydrogens (tertiary/aromatic N) is 6. The van der Waals surface area contributed by atoms with Crippen molar-refractivity contribution in [3.05, 3.63) is 87.3 Å². The van der Waals surface area contributed by atoms with E-state index in [4.69, 9.17) is 4.74 Å². The topological polar surface area (TPSA) is 129 Å². The van der Waals surface area contributed by atoms with Gasteiger partial charge in [-0.3, -0.25) is 4.90 Å². The number of carboxylic acid groups (broad SMARTS) is 1. The van der Waals surface area contributed by atoms with E-state index in [2.05, 4.69) is 47.5 Å². The molecular weight excluding hydrogens is 702 g/mol. The molecule has 1 saturated heterocycles. The van der Waals surface area contributed by atoms with Crippen LogP contribution in [0.2, 0.25) is 0 Å². The van der Waals surface area contributed by atoms with Gasteiger partial charge in [0.15, 0.2) is 45.0 Å². The Balaban J connectivity index is 1.03. The number of para-hydroxylation sites is 1. The molecule has 3 aromatic heterocycles. The summed E-state index contributed by atoms with van der Waals surface area (Å²) in [4.78, 5) is 24.3. The summed E-state index contributed by atoms with van der Waals surface area (Å²) in [7, 11) is 0. The Labute approximate surface area is 298 Å². The van der Waals surface area contributed by atoms with Gasteiger partial charge < -0.3 is 20.5 Å². The molecular formula is C35H31F3N8O3S2. The van der Waals surface area contributed by atoms with Gasteiger partial charge in [-0.15, -0.1) is 21.5 Å². The number of aromatic nitrogens is 4. The van der Waals surface area contributed by atoms with E-state index in [0.717, 1.165) is 52.6 Å². The van der Waals surface area contributed by atoms with Crippen molar-refractivity contribution in [2.75, 3.05) is 49.5 Å². The van der Waals surface area contributed by atoms with E-state index in [1.165, 1.54) is 23.5 Å². The molecule has 5 heterocycles. The van der Waals surface area contributed by atoms with Crippen molar-refractivity contribution in [2.24, 2.45) is 0 Å². The quantitative estimate of drug-likeness (QED) is 0.0827. The first kappa shape index (κ1) is 34.4. The standard InChI is InChI=1S/C35H31F3N8O3S2/c1-20-22-19-24(37)30(38)46(32(22)44-43-31(20)42-34-40-25-7-2-3-8-27(25)50-34)35-41-29(33(47)48)28(51-35)9-5-17-49-26-11-10-21(18-23(26)36)6-4-14-45-15-12-39-13-16-45/h2-3,7-8,10-11,18,39H,5,9,12-17,19H2,1H3,(H,47,48)(H,40,42,43). The maximum absolute atomic E-state index is 15.4. The van der Waals surface area contributed by atoms with E-state index < -0.39 is 23.6 Å². The fraction of sp³-hybridized carbons (Fsp3) is 0.286. The van der Waals surface area contributed by atoms with Crippen LogP contribution in [0.1, 0.15) is 38.5 Å². The van der Waals surface area contributed by atoms with Gasteiger partial charge in [0.1, 0.15) is 0 Å². The third kappa shape index (κ3) is 7.52. The smallest absolute Gasteiger partial charge is 0.355 e. The Hall–Kier alpha value is -5.08. The molecule has 0 amide bonds. The number of halogens is 3. The largest absolute Gasteiger partial charge is 0.491 e. The van der Waals surface area contributed by atoms with Crippen LogP contribution in [0.15, 0.2) is 54.2 Å². The van der Waals surface area contributed by atoms with Crippen LogP contribution in [0.25, 0.3) is 10.2 Å². The molecule has 11 nitrogen and oxygen atoms in total. The molecule has 2 aliphatic rings. The van der Waals surface area contributed by atoms with Crippen LogP contribution < -0.4 is 20.3 Å². The zero-order chi connectivity index (χ0) is 35.5. The molecule has 2 aliphatic heterocycles. The Morgan fingerprint density at radius 2 is 1.92 bits per heavy atom. The zero-order valence-corrected chi connectivity index (χ0v) is 28.9. The van der Waals surface area contributed by atoms with Crippen molar-refractivity contribution in [1.29, 1.82) is 0 Å². The SMILES string of the molecule is Cc1c(Nc2nc3ccccc3s2)nnc2c1CC(F)=C(F)N2c1nc(C(=O)O)c(CCCOc2ccc(C#CCN3CCNCC3)cc2F)s1. The zero-order valence-electron chi connectivity index (χ0n) is 27.3. The molecule has 0 saturated carbocycles. The molecule has 0 radical (unpaired) electrons. The number of carboxylic acids is 1. The number of carbonyl (C=O) groups is 1. The van der Waals surface area contributed by atoms with Crippen molar-refractivity contribution in [1.82, 2.24) is 30.4 Å². The number of thiazole rings is 2. The molecule has 0 bridgehead atoms.